The Hall–Kier alpha value is -0.850. The molecule has 1 N–H and O–H groups in total. The van der Waals surface area contributed by atoms with E-state index in [0.717, 1.165) is 18.2 Å². The van der Waals surface area contributed by atoms with E-state index in [-0.39, 0.29) is 10.6 Å². The monoisotopic (exact) mass is 360 g/mol. The van der Waals surface area contributed by atoms with Gasteiger partial charge >= 0.3 is 0 Å². The SMILES string of the molecule is O=[N+]([O-])c1ccc(NCCC2CCCC2)cc1I. The number of nitro groups is 1. The van der Waals surface area contributed by atoms with Gasteiger partial charge in [-0.2, -0.15) is 0 Å². The van der Waals surface area contributed by atoms with E-state index >= 15 is 0 Å². The molecule has 0 bridgehead atoms. The zero-order chi connectivity index (χ0) is 13.0. The Morgan fingerprint density at radius 2 is 2.11 bits per heavy atom. The molecule has 18 heavy (non-hydrogen) atoms. The predicted molar refractivity (Wildman–Crippen MR) is 80.9 cm³/mol. The maximum Gasteiger partial charge on any atom is 0.282 e. The number of rotatable bonds is 5. The first kappa shape index (κ1) is 13.6. The Kier molecular flexibility index (Phi) is 4.79. The Bertz CT molecular complexity index is 431. The third kappa shape index (κ3) is 3.57. The van der Waals surface area contributed by atoms with Gasteiger partial charge in [-0.1, -0.05) is 25.7 Å². The molecule has 1 aromatic carbocycles. The Morgan fingerprint density at radius 1 is 1.39 bits per heavy atom. The summed E-state index contributed by atoms with van der Waals surface area (Å²) in [6, 6.07) is 5.20. The van der Waals surface area contributed by atoms with E-state index < -0.39 is 0 Å². The van der Waals surface area contributed by atoms with Gasteiger partial charge in [-0.25, -0.2) is 0 Å². The summed E-state index contributed by atoms with van der Waals surface area (Å²) in [5.41, 5.74) is 1.15. The van der Waals surface area contributed by atoms with Gasteiger partial charge in [-0.3, -0.25) is 10.1 Å². The van der Waals surface area contributed by atoms with Crippen LogP contribution in [0.1, 0.15) is 32.1 Å². The van der Waals surface area contributed by atoms with Crippen molar-refractivity contribution >= 4 is 34.0 Å². The fourth-order valence-corrected chi connectivity index (χ4v) is 3.20. The third-order valence-electron chi connectivity index (χ3n) is 3.50. The molecule has 0 saturated heterocycles. The average molecular weight is 360 g/mol. The molecule has 0 spiro atoms. The molecule has 0 atom stereocenters. The van der Waals surface area contributed by atoms with Crippen LogP contribution in [0.2, 0.25) is 0 Å². The fourth-order valence-electron chi connectivity index (χ4n) is 2.48. The Balaban J connectivity index is 1.85. The maximum atomic E-state index is 10.7. The summed E-state index contributed by atoms with van der Waals surface area (Å²) in [6.45, 7) is 0.957. The van der Waals surface area contributed by atoms with Gasteiger partial charge in [0.05, 0.1) is 8.49 Å². The molecule has 0 heterocycles. The van der Waals surface area contributed by atoms with E-state index in [1.54, 1.807) is 12.1 Å². The number of nitro benzene ring substituents is 1. The van der Waals surface area contributed by atoms with E-state index in [1.165, 1.54) is 32.1 Å². The van der Waals surface area contributed by atoms with Gasteiger partial charge in [0, 0.05) is 18.3 Å². The third-order valence-corrected chi connectivity index (χ3v) is 4.36. The van der Waals surface area contributed by atoms with Crippen molar-refractivity contribution in [1.82, 2.24) is 0 Å². The van der Waals surface area contributed by atoms with Gasteiger partial charge in [-0.15, -0.1) is 0 Å². The van der Waals surface area contributed by atoms with Crippen molar-refractivity contribution in [2.45, 2.75) is 32.1 Å². The molecule has 1 aliphatic rings. The summed E-state index contributed by atoms with van der Waals surface area (Å²) in [5.74, 6) is 0.870. The van der Waals surface area contributed by atoms with Crippen LogP contribution in [0.15, 0.2) is 18.2 Å². The lowest BCUT2D eigenvalue weighted by molar-refractivity contribution is -0.385. The average Bonchev–Trinajstić information content (AvgIpc) is 2.81. The van der Waals surface area contributed by atoms with Gasteiger partial charge in [0.15, 0.2) is 0 Å². The van der Waals surface area contributed by atoms with Crippen LogP contribution >= 0.6 is 22.6 Å². The second-order valence-corrected chi connectivity index (χ2v) is 5.95. The van der Waals surface area contributed by atoms with Crippen LogP contribution in [0, 0.1) is 19.6 Å². The van der Waals surface area contributed by atoms with Crippen molar-refractivity contribution in [2.75, 3.05) is 11.9 Å². The molecular weight excluding hydrogens is 343 g/mol. The second-order valence-electron chi connectivity index (χ2n) is 4.79. The van der Waals surface area contributed by atoms with Gasteiger partial charge in [0.1, 0.15) is 0 Å². The summed E-state index contributed by atoms with van der Waals surface area (Å²) >= 11 is 2.01. The smallest absolute Gasteiger partial charge is 0.282 e. The highest BCUT2D eigenvalue weighted by Gasteiger charge is 2.15. The number of hydrogen-bond donors (Lipinski definition) is 1. The van der Waals surface area contributed by atoms with Crippen molar-refractivity contribution < 1.29 is 4.92 Å². The molecule has 0 aromatic heterocycles. The topological polar surface area (TPSA) is 55.2 Å². The number of benzene rings is 1. The van der Waals surface area contributed by atoms with Gasteiger partial charge < -0.3 is 5.32 Å². The second kappa shape index (κ2) is 6.36. The predicted octanol–water partition coefficient (Wildman–Crippen LogP) is 4.19. The minimum atomic E-state index is -0.343. The molecule has 4 nitrogen and oxygen atoms in total. The number of nitrogens with zero attached hydrogens (tertiary/aromatic N) is 1. The lowest BCUT2D eigenvalue weighted by atomic mass is 10.0. The normalized spacial score (nSPS) is 15.8. The minimum absolute atomic E-state index is 0.178. The summed E-state index contributed by atoms with van der Waals surface area (Å²) in [5, 5.41) is 14.1. The van der Waals surface area contributed by atoms with Gasteiger partial charge in [-0.05, 0) is 47.1 Å². The highest BCUT2D eigenvalue weighted by molar-refractivity contribution is 14.1. The Morgan fingerprint density at radius 3 is 2.72 bits per heavy atom. The first-order valence-corrected chi connectivity index (χ1v) is 7.42. The molecule has 1 fully saturated rings. The van der Waals surface area contributed by atoms with Crippen LogP contribution in [0.4, 0.5) is 11.4 Å². The zero-order valence-electron chi connectivity index (χ0n) is 10.2. The molecule has 98 valence electrons. The number of hydrogen-bond acceptors (Lipinski definition) is 3. The highest BCUT2D eigenvalue weighted by Crippen LogP contribution is 2.28. The number of halogens is 1. The molecule has 0 radical (unpaired) electrons. The molecule has 5 heteroatoms. The number of anilines is 1. The van der Waals surface area contributed by atoms with Gasteiger partial charge in [0.25, 0.3) is 5.69 Å². The first-order valence-electron chi connectivity index (χ1n) is 6.34. The largest absolute Gasteiger partial charge is 0.385 e. The summed E-state index contributed by atoms with van der Waals surface area (Å²) in [6.07, 6.45) is 6.67. The molecule has 0 aliphatic heterocycles. The summed E-state index contributed by atoms with van der Waals surface area (Å²) in [4.78, 5) is 10.4. The van der Waals surface area contributed by atoms with Crippen LogP contribution in [-0.2, 0) is 0 Å². The molecule has 2 rings (SSSR count). The van der Waals surface area contributed by atoms with E-state index in [2.05, 4.69) is 5.32 Å². The standard InChI is InChI=1S/C13H17IN2O2/c14-12-9-11(5-6-13(12)16(17)18)15-8-7-10-3-1-2-4-10/h5-6,9-10,15H,1-4,7-8H2. The zero-order valence-corrected chi connectivity index (χ0v) is 12.4. The lowest BCUT2D eigenvalue weighted by Gasteiger charge is -2.11. The van der Waals surface area contributed by atoms with Crippen LogP contribution in [0.5, 0.6) is 0 Å². The molecule has 1 aromatic rings. The minimum Gasteiger partial charge on any atom is -0.385 e. The molecule has 0 amide bonds. The van der Waals surface area contributed by atoms with Crippen LogP contribution in [-0.4, -0.2) is 11.5 Å². The molecule has 0 unspecified atom stereocenters. The van der Waals surface area contributed by atoms with Crippen molar-refractivity contribution in [3.63, 3.8) is 0 Å². The Labute approximate surface area is 120 Å². The van der Waals surface area contributed by atoms with E-state index in [1.807, 2.05) is 28.7 Å². The maximum absolute atomic E-state index is 10.7. The first-order chi connectivity index (χ1) is 8.66. The van der Waals surface area contributed by atoms with Crippen molar-refractivity contribution in [2.24, 2.45) is 5.92 Å². The van der Waals surface area contributed by atoms with Gasteiger partial charge in [0.2, 0.25) is 0 Å². The van der Waals surface area contributed by atoms with Crippen molar-refractivity contribution in [3.05, 3.63) is 31.9 Å². The van der Waals surface area contributed by atoms with E-state index in [0.29, 0.717) is 3.57 Å². The quantitative estimate of drug-likeness (QED) is 0.487. The number of nitrogens with one attached hydrogen (secondary N) is 1. The van der Waals surface area contributed by atoms with E-state index in [9.17, 15) is 10.1 Å². The van der Waals surface area contributed by atoms with Crippen LogP contribution in [0.25, 0.3) is 0 Å². The van der Waals surface area contributed by atoms with Crippen molar-refractivity contribution in [3.8, 4) is 0 Å². The van der Waals surface area contributed by atoms with Crippen LogP contribution < -0.4 is 5.32 Å². The summed E-state index contributed by atoms with van der Waals surface area (Å²) in [7, 11) is 0. The van der Waals surface area contributed by atoms with Crippen molar-refractivity contribution in [1.29, 1.82) is 0 Å². The van der Waals surface area contributed by atoms with E-state index in [4.69, 9.17) is 0 Å². The highest BCUT2D eigenvalue weighted by atomic mass is 127. The fraction of sp³-hybridized carbons (Fsp3) is 0.538. The molecule has 1 aliphatic carbocycles. The molecular formula is C13H17IN2O2. The lowest BCUT2D eigenvalue weighted by Crippen LogP contribution is -2.06. The van der Waals surface area contributed by atoms with Crippen LogP contribution in [0.3, 0.4) is 0 Å². The molecule has 1 saturated carbocycles. The summed E-state index contributed by atoms with van der Waals surface area (Å²) < 4.78 is 0.684.